The zero-order valence-electron chi connectivity index (χ0n) is 11.3. The van der Waals surface area contributed by atoms with E-state index in [-0.39, 0.29) is 0 Å². The van der Waals surface area contributed by atoms with Gasteiger partial charge in [-0.3, -0.25) is 0 Å². The standard InChI is InChI=1S/C15H23NO2/c1-11(8-9-16)12-6-7-14(15(10-12)17-2)18-13-4-3-5-13/h6-7,10-11,13H,3-5,8-9,16H2,1-2H3. The summed E-state index contributed by atoms with van der Waals surface area (Å²) in [6.45, 7) is 2.90. The molecule has 18 heavy (non-hydrogen) atoms. The van der Waals surface area contributed by atoms with E-state index in [1.54, 1.807) is 7.11 Å². The van der Waals surface area contributed by atoms with Gasteiger partial charge < -0.3 is 15.2 Å². The van der Waals surface area contributed by atoms with Crippen LogP contribution in [0.25, 0.3) is 0 Å². The molecule has 3 nitrogen and oxygen atoms in total. The molecule has 0 saturated heterocycles. The van der Waals surface area contributed by atoms with E-state index in [4.69, 9.17) is 15.2 Å². The Labute approximate surface area is 109 Å². The average molecular weight is 249 g/mol. The fraction of sp³-hybridized carbons (Fsp3) is 0.600. The quantitative estimate of drug-likeness (QED) is 0.842. The molecule has 1 aromatic rings. The number of hydrogen-bond acceptors (Lipinski definition) is 3. The van der Waals surface area contributed by atoms with E-state index in [9.17, 15) is 0 Å². The summed E-state index contributed by atoms with van der Waals surface area (Å²) in [6, 6.07) is 6.23. The SMILES string of the molecule is COc1cc(C(C)CCN)ccc1OC1CCC1. The van der Waals surface area contributed by atoms with E-state index in [2.05, 4.69) is 19.1 Å². The van der Waals surface area contributed by atoms with Crippen molar-refractivity contribution < 1.29 is 9.47 Å². The minimum atomic E-state index is 0.381. The van der Waals surface area contributed by atoms with E-state index >= 15 is 0 Å². The zero-order valence-corrected chi connectivity index (χ0v) is 11.3. The summed E-state index contributed by atoms with van der Waals surface area (Å²) in [5, 5.41) is 0. The summed E-state index contributed by atoms with van der Waals surface area (Å²) in [7, 11) is 1.69. The third kappa shape index (κ3) is 2.96. The first-order chi connectivity index (χ1) is 8.74. The molecule has 100 valence electrons. The summed E-state index contributed by atoms with van der Waals surface area (Å²) in [5.74, 6) is 2.16. The largest absolute Gasteiger partial charge is 0.493 e. The van der Waals surface area contributed by atoms with Crippen LogP contribution >= 0.6 is 0 Å². The number of benzene rings is 1. The van der Waals surface area contributed by atoms with Gasteiger partial charge in [0.2, 0.25) is 0 Å². The molecule has 0 bridgehead atoms. The lowest BCUT2D eigenvalue weighted by Crippen LogP contribution is -2.24. The molecule has 0 heterocycles. The minimum Gasteiger partial charge on any atom is -0.493 e. The lowest BCUT2D eigenvalue weighted by atomic mass is 9.95. The topological polar surface area (TPSA) is 44.5 Å². The lowest BCUT2D eigenvalue weighted by molar-refractivity contribution is 0.116. The van der Waals surface area contributed by atoms with Crippen LogP contribution in [0, 0.1) is 0 Å². The Kier molecular flexibility index (Phi) is 4.48. The van der Waals surface area contributed by atoms with Crippen molar-refractivity contribution in [2.45, 2.75) is 44.6 Å². The van der Waals surface area contributed by atoms with Gasteiger partial charge in [-0.1, -0.05) is 13.0 Å². The fourth-order valence-corrected chi connectivity index (χ4v) is 2.17. The average Bonchev–Trinajstić information content (AvgIpc) is 2.34. The highest BCUT2D eigenvalue weighted by Crippen LogP contribution is 2.35. The van der Waals surface area contributed by atoms with Crippen molar-refractivity contribution in [2.24, 2.45) is 5.73 Å². The Hall–Kier alpha value is -1.22. The van der Waals surface area contributed by atoms with Crippen LogP contribution in [0.5, 0.6) is 11.5 Å². The van der Waals surface area contributed by atoms with Crippen LogP contribution in [-0.2, 0) is 0 Å². The second kappa shape index (κ2) is 6.10. The molecule has 1 aliphatic rings. The van der Waals surface area contributed by atoms with Gasteiger partial charge in [0.25, 0.3) is 0 Å². The van der Waals surface area contributed by atoms with Crippen LogP contribution in [0.1, 0.15) is 44.1 Å². The molecule has 0 radical (unpaired) electrons. The highest BCUT2D eigenvalue weighted by molar-refractivity contribution is 5.44. The van der Waals surface area contributed by atoms with Crippen LogP contribution in [-0.4, -0.2) is 19.8 Å². The van der Waals surface area contributed by atoms with Gasteiger partial charge in [-0.15, -0.1) is 0 Å². The van der Waals surface area contributed by atoms with E-state index < -0.39 is 0 Å². The number of ether oxygens (including phenoxy) is 2. The van der Waals surface area contributed by atoms with Gasteiger partial charge in [-0.25, -0.2) is 0 Å². The van der Waals surface area contributed by atoms with Crippen LogP contribution < -0.4 is 15.2 Å². The summed E-state index contributed by atoms with van der Waals surface area (Å²) in [5.41, 5.74) is 6.87. The Morgan fingerprint density at radius 2 is 2.11 bits per heavy atom. The van der Waals surface area contributed by atoms with Crippen molar-refractivity contribution in [2.75, 3.05) is 13.7 Å². The first kappa shape index (κ1) is 13.2. The Bertz CT molecular complexity index is 388. The molecule has 1 unspecified atom stereocenters. The van der Waals surface area contributed by atoms with Crippen molar-refractivity contribution in [3.8, 4) is 11.5 Å². The number of methoxy groups -OCH3 is 1. The van der Waals surface area contributed by atoms with E-state index in [1.807, 2.05) is 6.07 Å². The van der Waals surface area contributed by atoms with Gasteiger partial charge in [0.15, 0.2) is 11.5 Å². The predicted octanol–water partition coefficient (Wildman–Crippen LogP) is 3.08. The summed E-state index contributed by atoms with van der Waals surface area (Å²) in [4.78, 5) is 0. The lowest BCUT2D eigenvalue weighted by Gasteiger charge is -2.27. The van der Waals surface area contributed by atoms with Gasteiger partial charge in [0.05, 0.1) is 13.2 Å². The van der Waals surface area contributed by atoms with Crippen molar-refractivity contribution >= 4 is 0 Å². The molecular weight excluding hydrogens is 226 g/mol. The molecule has 0 aliphatic heterocycles. The highest BCUT2D eigenvalue weighted by Gasteiger charge is 2.21. The Morgan fingerprint density at radius 3 is 2.67 bits per heavy atom. The summed E-state index contributed by atoms with van der Waals surface area (Å²) >= 11 is 0. The normalized spacial score (nSPS) is 17.1. The molecule has 2 rings (SSSR count). The first-order valence-electron chi connectivity index (χ1n) is 6.79. The zero-order chi connectivity index (χ0) is 13.0. The van der Waals surface area contributed by atoms with Crippen molar-refractivity contribution in [3.63, 3.8) is 0 Å². The van der Waals surface area contributed by atoms with Gasteiger partial charge in [0.1, 0.15) is 0 Å². The van der Waals surface area contributed by atoms with Crippen LogP contribution in [0.3, 0.4) is 0 Å². The first-order valence-corrected chi connectivity index (χ1v) is 6.79. The third-order valence-corrected chi connectivity index (χ3v) is 3.70. The molecule has 1 fully saturated rings. The van der Waals surface area contributed by atoms with Crippen molar-refractivity contribution in [3.05, 3.63) is 23.8 Å². The molecule has 3 heteroatoms. The number of rotatable bonds is 6. The molecule has 2 N–H and O–H groups in total. The van der Waals surface area contributed by atoms with E-state index in [0.29, 0.717) is 18.6 Å². The van der Waals surface area contributed by atoms with Gasteiger partial charge in [-0.2, -0.15) is 0 Å². The second-order valence-corrected chi connectivity index (χ2v) is 5.06. The van der Waals surface area contributed by atoms with E-state index in [1.165, 1.54) is 12.0 Å². The maximum atomic E-state index is 5.92. The molecule has 1 atom stereocenters. The fourth-order valence-electron chi connectivity index (χ4n) is 2.17. The molecule has 0 amide bonds. The molecule has 0 spiro atoms. The van der Waals surface area contributed by atoms with Gasteiger partial charge >= 0.3 is 0 Å². The van der Waals surface area contributed by atoms with Crippen LogP contribution in [0.2, 0.25) is 0 Å². The minimum absolute atomic E-state index is 0.381. The summed E-state index contributed by atoms with van der Waals surface area (Å²) in [6.07, 6.45) is 4.97. The van der Waals surface area contributed by atoms with Crippen molar-refractivity contribution in [1.29, 1.82) is 0 Å². The maximum absolute atomic E-state index is 5.92. The van der Waals surface area contributed by atoms with Crippen LogP contribution in [0.4, 0.5) is 0 Å². The Morgan fingerprint density at radius 1 is 1.33 bits per heavy atom. The molecule has 1 aliphatic carbocycles. The predicted molar refractivity (Wildman–Crippen MR) is 73.3 cm³/mol. The van der Waals surface area contributed by atoms with Crippen LogP contribution in [0.15, 0.2) is 18.2 Å². The van der Waals surface area contributed by atoms with Gasteiger partial charge in [0, 0.05) is 0 Å². The monoisotopic (exact) mass is 249 g/mol. The molecule has 1 aromatic carbocycles. The molecular formula is C15H23NO2. The van der Waals surface area contributed by atoms with Gasteiger partial charge in [-0.05, 0) is 55.8 Å². The number of nitrogens with two attached hydrogens (primary N) is 1. The smallest absolute Gasteiger partial charge is 0.161 e. The molecule has 0 aromatic heterocycles. The van der Waals surface area contributed by atoms with Crippen molar-refractivity contribution in [1.82, 2.24) is 0 Å². The highest BCUT2D eigenvalue weighted by atomic mass is 16.5. The van der Waals surface area contributed by atoms with E-state index in [0.717, 1.165) is 30.8 Å². The second-order valence-electron chi connectivity index (χ2n) is 5.06. The molecule has 1 saturated carbocycles. The maximum Gasteiger partial charge on any atom is 0.161 e. The summed E-state index contributed by atoms with van der Waals surface area (Å²) < 4.78 is 11.3. The Balaban J connectivity index is 2.11. The third-order valence-electron chi connectivity index (χ3n) is 3.70. The number of hydrogen-bond donors (Lipinski definition) is 1.